The van der Waals surface area contributed by atoms with Gasteiger partial charge in [-0.05, 0) is 87.3 Å². The largest absolute Gasteiger partial charge is 0.435 e. The number of benzene rings is 8. The monoisotopic (exact) mass is 588 g/mol. The molecule has 9 aromatic rings. The fourth-order valence-electron chi connectivity index (χ4n) is 6.72. The molecule has 0 saturated heterocycles. The third-order valence-corrected chi connectivity index (χ3v) is 8.84. The van der Waals surface area contributed by atoms with Crippen LogP contribution >= 0.6 is 0 Å². The average molecular weight is 589 g/mol. The van der Waals surface area contributed by atoms with E-state index in [1.54, 1.807) is 0 Å². The van der Waals surface area contributed by atoms with Crippen LogP contribution in [0.4, 0.5) is 17.1 Å². The first kappa shape index (κ1) is 26.2. The molecule has 3 heteroatoms. The van der Waals surface area contributed by atoms with Gasteiger partial charge < -0.3 is 9.32 Å². The Balaban J connectivity index is 1.34. The van der Waals surface area contributed by atoms with Gasteiger partial charge in [0, 0.05) is 27.7 Å². The van der Waals surface area contributed by atoms with Gasteiger partial charge in [-0.3, -0.25) is 0 Å². The Morgan fingerprint density at radius 1 is 0.457 bits per heavy atom. The van der Waals surface area contributed by atoms with E-state index in [1.165, 1.54) is 10.8 Å². The van der Waals surface area contributed by atoms with Gasteiger partial charge >= 0.3 is 0 Å². The molecule has 0 bridgehead atoms. The fraction of sp³-hybridized carbons (Fsp3) is 0. The van der Waals surface area contributed by atoms with Crippen molar-refractivity contribution in [3.8, 4) is 22.6 Å². The fourth-order valence-corrected chi connectivity index (χ4v) is 6.72. The number of rotatable bonds is 5. The SMILES string of the molecule is c1ccc(-c2nc3ccc4c(-c5ccccc5)cc5cc(N(c6ccccc6)c6cccc7ccccc67)ccc5c4c3o2)cc1. The number of fused-ring (bicyclic) bond motifs is 6. The number of hydrogen-bond acceptors (Lipinski definition) is 3. The normalized spacial score (nSPS) is 11.5. The third kappa shape index (κ3) is 4.33. The molecular weight excluding hydrogens is 560 g/mol. The van der Waals surface area contributed by atoms with Gasteiger partial charge in [0.05, 0.1) is 5.69 Å². The number of para-hydroxylation sites is 1. The number of aromatic nitrogens is 1. The molecule has 0 aliphatic carbocycles. The minimum atomic E-state index is 0.629. The van der Waals surface area contributed by atoms with E-state index in [2.05, 4.69) is 144 Å². The lowest BCUT2D eigenvalue weighted by Gasteiger charge is -2.27. The van der Waals surface area contributed by atoms with Crippen LogP contribution in [-0.4, -0.2) is 4.98 Å². The van der Waals surface area contributed by atoms with Crippen molar-refractivity contribution in [2.75, 3.05) is 4.90 Å². The number of hydrogen-bond donors (Lipinski definition) is 0. The Bertz CT molecular complexity index is 2510. The van der Waals surface area contributed by atoms with Crippen molar-refractivity contribution in [1.82, 2.24) is 4.98 Å². The van der Waals surface area contributed by atoms with Gasteiger partial charge in [0.15, 0.2) is 5.58 Å². The highest BCUT2D eigenvalue weighted by Gasteiger charge is 2.19. The molecule has 1 aromatic heterocycles. The maximum absolute atomic E-state index is 6.61. The molecule has 0 fully saturated rings. The van der Waals surface area contributed by atoms with Crippen LogP contribution in [0.25, 0.3) is 66.0 Å². The average Bonchev–Trinajstić information content (AvgIpc) is 3.57. The molecule has 0 saturated carbocycles. The highest BCUT2D eigenvalue weighted by molar-refractivity contribution is 6.22. The van der Waals surface area contributed by atoms with Gasteiger partial charge in [0.2, 0.25) is 5.89 Å². The van der Waals surface area contributed by atoms with Crippen molar-refractivity contribution in [2.45, 2.75) is 0 Å². The molecule has 0 amide bonds. The minimum absolute atomic E-state index is 0.629. The summed E-state index contributed by atoms with van der Waals surface area (Å²) < 4.78 is 6.61. The summed E-state index contributed by atoms with van der Waals surface area (Å²) in [5.41, 5.74) is 8.27. The van der Waals surface area contributed by atoms with Crippen LogP contribution in [0.2, 0.25) is 0 Å². The molecule has 0 atom stereocenters. The maximum atomic E-state index is 6.61. The predicted molar refractivity (Wildman–Crippen MR) is 192 cm³/mol. The Morgan fingerprint density at radius 3 is 1.93 bits per heavy atom. The summed E-state index contributed by atoms with van der Waals surface area (Å²) in [6, 6.07) is 59.8. The Morgan fingerprint density at radius 2 is 1.13 bits per heavy atom. The van der Waals surface area contributed by atoms with E-state index in [4.69, 9.17) is 9.40 Å². The van der Waals surface area contributed by atoms with Crippen molar-refractivity contribution in [2.24, 2.45) is 0 Å². The molecule has 0 aliphatic heterocycles. The van der Waals surface area contributed by atoms with Crippen LogP contribution in [0.3, 0.4) is 0 Å². The van der Waals surface area contributed by atoms with E-state index in [1.807, 2.05) is 30.3 Å². The summed E-state index contributed by atoms with van der Waals surface area (Å²) >= 11 is 0. The van der Waals surface area contributed by atoms with Crippen molar-refractivity contribution in [3.05, 3.63) is 170 Å². The van der Waals surface area contributed by atoms with Crippen molar-refractivity contribution in [1.29, 1.82) is 0 Å². The minimum Gasteiger partial charge on any atom is -0.435 e. The number of oxazole rings is 1. The molecule has 0 unspecified atom stereocenters. The van der Waals surface area contributed by atoms with Gasteiger partial charge in [0.25, 0.3) is 0 Å². The van der Waals surface area contributed by atoms with Crippen molar-refractivity contribution < 1.29 is 4.42 Å². The van der Waals surface area contributed by atoms with Gasteiger partial charge in [0.1, 0.15) is 5.52 Å². The van der Waals surface area contributed by atoms with E-state index in [-0.39, 0.29) is 0 Å². The lowest BCUT2D eigenvalue weighted by Crippen LogP contribution is -2.10. The molecular formula is C43H28N2O. The molecule has 0 radical (unpaired) electrons. The van der Waals surface area contributed by atoms with Crippen LogP contribution in [-0.2, 0) is 0 Å². The standard InChI is InChI=1S/C43H28N2O/c1-4-13-30(14-5-1)38-28-32-27-34(45(33-19-8-3-9-20-33)40-22-12-18-29-15-10-11-21-35(29)40)23-24-36(32)41-37(38)25-26-39-42(41)46-43(44-39)31-16-6-2-7-17-31/h1-28H. The Labute approximate surface area is 266 Å². The maximum Gasteiger partial charge on any atom is 0.227 e. The molecule has 0 aliphatic rings. The zero-order valence-electron chi connectivity index (χ0n) is 25.0. The smallest absolute Gasteiger partial charge is 0.227 e. The van der Waals surface area contributed by atoms with Gasteiger partial charge in [-0.25, -0.2) is 4.98 Å². The van der Waals surface area contributed by atoms with Crippen molar-refractivity contribution in [3.63, 3.8) is 0 Å². The second-order valence-electron chi connectivity index (χ2n) is 11.6. The lowest BCUT2D eigenvalue weighted by molar-refractivity contribution is 0.623. The quantitative estimate of drug-likeness (QED) is 0.187. The molecule has 0 N–H and O–H groups in total. The van der Waals surface area contributed by atoms with E-state index in [0.29, 0.717) is 5.89 Å². The predicted octanol–water partition coefficient (Wildman–Crippen LogP) is 12.1. The van der Waals surface area contributed by atoms with Crippen LogP contribution in [0, 0.1) is 0 Å². The van der Waals surface area contributed by atoms with Crippen LogP contribution < -0.4 is 4.90 Å². The van der Waals surface area contributed by atoms with Crippen molar-refractivity contribution >= 4 is 60.5 Å². The second kappa shape index (κ2) is 10.8. The zero-order chi connectivity index (χ0) is 30.5. The summed E-state index contributed by atoms with van der Waals surface area (Å²) in [5.74, 6) is 0.629. The van der Waals surface area contributed by atoms with Gasteiger partial charge in [-0.15, -0.1) is 0 Å². The summed E-state index contributed by atoms with van der Waals surface area (Å²) in [4.78, 5) is 7.28. The highest BCUT2D eigenvalue weighted by Crippen LogP contribution is 2.44. The first-order valence-electron chi connectivity index (χ1n) is 15.6. The molecule has 8 aromatic carbocycles. The number of anilines is 3. The summed E-state index contributed by atoms with van der Waals surface area (Å²) in [6.07, 6.45) is 0. The summed E-state index contributed by atoms with van der Waals surface area (Å²) in [7, 11) is 0. The molecule has 216 valence electrons. The van der Waals surface area contributed by atoms with Crippen LogP contribution in [0.1, 0.15) is 0 Å². The van der Waals surface area contributed by atoms with Gasteiger partial charge in [-0.1, -0.05) is 115 Å². The summed E-state index contributed by atoms with van der Waals surface area (Å²) in [5, 5.41) is 6.89. The van der Waals surface area contributed by atoms with E-state index in [0.717, 1.165) is 66.4 Å². The molecule has 3 nitrogen and oxygen atoms in total. The Hall–Kier alpha value is -6.19. The second-order valence-corrected chi connectivity index (χ2v) is 11.6. The van der Waals surface area contributed by atoms with E-state index in [9.17, 15) is 0 Å². The summed E-state index contributed by atoms with van der Waals surface area (Å²) in [6.45, 7) is 0. The van der Waals surface area contributed by atoms with E-state index < -0.39 is 0 Å². The van der Waals surface area contributed by atoms with Gasteiger partial charge in [-0.2, -0.15) is 0 Å². The first-order valence-corrected chi connectivity index (χ1v) is 15.6. The molecule has 46 heavy (non-hydrogen) atoms. The first-order chi connectivity index (χ1) is 22.8. The molecule has 9 rings (SSSR count). The Kier molecular flexibility index (Phi) is 6.14. The topological polar surface area (TPSA) is 29.3 Å². The van der Waals surface area contributed by atoms with Crippen LogP contribution in [0.15, 0.2) is 174 Å². The lowest BCUT2D eigenvalue weighted by atomic mass is 9.92. The zero-order valence-corrected chi connectivity index (χ0v) is 25.0. The molecule has 1 heterocycles. The van der Waals surface area contributed by atoms with E-state index >= 15 is 0 Å². The highest BCUT2D eigenvalue weighted by atomic mass is 16.3. The third-order valence-electron chi connectivity index (χ3n) is 8.84. The van der Waals surface area contributed by atoms with Crippen LogP contribution in [0.5, 0.6) is 0 Å². The molecule has 0 spiro atoms. The number of nitrogens with zero attached hydrogens (tertiary/aromatic N) is 2.